The third-order valence-electron chi connectivity index (χ3n) is 4.75. The molecule has 0 aromatic heterocycles. The van der Waals surface area contributed by atoms with E-state index in [2.05, 4.69) is 30.8 Å². The minimum Gasteiger partial charge on any atom is -0.368 e. The zero-order valence-corrected chi connectivity index (χ0v) is 14.9. The van der Waals surface area contributed by atoms with Crippen molar-refractivity contribution in [1.29, 1.82) is 0 Å². The van der Waals surface area contributed by atoms with Gasteiger partial charge in [0, 0.05) is 26.2 Å². The molecule has 6 heteroatoms. The molecule has 1 saturated heterocycles. The van der Waals surface area contributed by atoms with Gasteiger partial charge in [0.05, 0.1) is 5.56 Å². The maximum absolute atomic E-state index is 12.7. The summed E-state index contributed by atoms with van der Waals surface area (Å²) in [4.78, 5) is 0. The van der Waals surface area contributed by atoms with Gasteiger partial charge in [-0.05, 0) is 42.9 Å². The largest absolute Gasteiger partial charge is 0.416 e. The van der Waals surface area contributed by atoms with E-state index in [0.29, 0.717) is 12.8 Å². The summed E-state index contributed by atoms with van der Waals surface area (Å²) in [5.41, 5.74) is 0.131. The molecule has 1 aliphatic rings. The third kappa shape index (κ3) is 4.49. The Morgan fingerprint density at radius 3 is 2.21 bits per heavy atom. The average Bonchev–Trinajstić information content (AvgIpc) is 2.95. The van der Waals surface area contributed by atoms with Crippen LogP contribution in [0.15, 0.2) is 24.3 Å². The lowest BCUT2D eigenvalue weighted by Gasteiger charge is -2.37. The third-order valence-corrected chi connectivity index (χ3v) is 4.75. The number of rotatable bonds is 6. The van der Waals surface area contributed by atoms with Crippen molar-refractivity contribution in [3.8, 4) is 0 Å². The molecule has 1 unspecified atom stereocenters. The highest BCUT2D eigenvalue weighted by Gasteiger charge is 2.33. The Kier molecular flexibility index (Phi) is 5.94. The maximum atomic E-state index is 12.7. The van der Waals surface area contributed by atoms with Crippen LogP contribution >= 0.6 is 0 Å². The van der Waals surface area contributed by atoms with Crippen molar-refractivity contribution < 1.29 is 17.9 Å². The minimum absolute atomic E-state index is 0.203. The van der Waals surface area contributed by atoms with Crippen LogP contribution in [0.1, 0.15) is 44.7 Å². The summed E-state index contributed by atoms with van der Waals surface area (Å²) < 4.78 is 43.4. The van der Waals surface area contributed by atoms with Gasteiger partial charge in [-0.15, -0.1) is 0 Å². The zero-order valence-electron chi connectivity index (χ0n) is 14.9. The molecule has 136 valence electrons. The molecule has 1 aromatic carbocycles. The van der Waals surface area contributed by atoms with E-state index in [9.17, 15) is 13.2 Å². The van der Waals surface area contributed by atoms with Crippen molar-refractivity contribution in [3.05, 3.63) is 35.4 Å². The molecule has 2 rings (SSSR count). The highest BCUT2D eigenvalue weighted by atomic mass is 19.4. The number of alkyl halides is 3. The molecule has 0 bridgehead atoms. The van der Waals surface area contributed by atoms with Gasteiger partial charge in [0.25, 0.3) is 0 Å². The lowest BCUT2D eigenvalue weighted by Crippen LogP contribution is -2.45. The molecule has 0 aliphatic carbocycles. The van der Waals surface area contributed by atoms with E-state index in [1.807, 2.05) is 0 Å². The summed E-state index contributed by atoms with van der Waals surface area (Å²) >= 11 is 0. The van der Waals surface area contributed by atoms with Crippen LogP contribution in [0.5, 0.6) is 0 Å². The van der Waals surface area contributed by atoms with Gasteiger partial charge >= 0.3 is 6.18 Å². The summed E-state index contributed by atoms with van der Waals surface area (Å²) in [6, 6.07) is 5.85. The Hall–Kier alpha value is -1.11. The van der Waals surface area contributed by atoms with Crippen LogP contribution < -0.4 is 0 Å². The van der Waals surface area contributed by atoms with Gasteiger partial charge in [0.2, 0.25) is 0 Å². The number of ether oxygens (including phenoxy) is 1. The summed E-state index contributed by atoms with van der Waals surface area (Å²) in [6.07, 6.45) is -2.32. The summed E-state index contributed by atoms with van der Waals surface area (Å²) in [7, 11) is 1.69. The van der Waals surface area contributed by atoms with Crippen LogP contribution in [-0.2, 0) is 16.3 Å². The fraction of sp³-hybridized carbons (Fsp3) is 0.667. The molecular formula is C18H27F3N2O. The van der Waals surface area contributed by atoms with Gasteiger partial charge in [0.1, 0.15) is 6.73 Å². The van der Waals surface area contributed by atoms with E-state index in [4.69, 9.17) is 4.74 Å². The standard InChI is InChI=1S/C18H27F3N2O/c1-14(23-11-5-10-22(23)13-24-4)12-17(2,3)15-6-8-16(9-7-15)18(19,20)21/h6-9,14H,5,10-13H2,1-4H3. The first-order valence-corrected chi connectivity index (χ1v) is 8.33. The number of benzene rings is 1. The first-order valence-electron chi connectivity index (χ1n) is 8.33. The Balaban J connectivity index is 2.07. The van der Waals surface area contributed by atoms with Gasteiger partial charge in [-0.2, -0.15) is 13.2 Å². The predicted molar refractivity (Wildman–Crippen MR) is 88.5 cm³/mol. The van der Waals surface area contributed by atoms with E-state index in [1.54, 1.807) is 19.2 Å². The summed E-state index contributed by atoms with van der Waals surface area (Å²) in [5.74, 6) is 0. The van der Waals surface area contributed by atoms with Crippen LogP contribution in [0.25, 0.3) is 0 Å². The second-order valence-corrected chi connectivity index (χ2v) is 7.18. The van der Waals surface area contributed by atoms with E-state index >= 15 is 0 Å². The Morgan fingerprint density at radius 2 is 1.67 bits per heavy atom. The van der Waals surface area contributed by atoms with Gasteiger partial charge < -0.3 is 4.74 Å². The SMILES string of the molecule is COCN1CCCN1C(C)CC(C)(C)c1ccc(C(F)(F)F)cc1. The van der Waals surface area contributed by atoms with Crippen molar-refractivity contribution in [3.63, 3.8) is 0 Å². The quantitative estimate of drug-likeness (QED) is 0.766. The smallest absolute Gasteiger partial charge is 0.368 e. The van der Waals surface area contributed by atoms with E-state index in [-0.39, 0.29) is 5.41 Å². The van der Waals surface area contributed by atoms with Gasteiger partial charge in [-0.3, -0.25) is 0 Å². The van der Waals surface area contributed by atoms with Crippen molar-refractivity contribution in [2.75, 3.05) is 26.9 Å². The number of hydrogen-bond acceptors (Lipinski definition) is 3. The Morgan fingerprint density at radius 1 is 1.08 bits per heavy atom. The van der Waals surface area contributed by atoms with Crippen molar-refractivity contribution in [1.82, 2.24) is 10.0 Å². The maximum Gasteiger partial charge on any atom is 0.416 e. The predicted octanol–water partition coefficient (Wildman–Crippen LogP) is 4.29. The molecule has 1 fully saturated rings. The molecule has 1 aromatic rings. The fourth-order valence-electron chi connectivity index (χ4n) is 3.54. The lowest BCUT2D eigenvalue weighted by atomic mass is 9.79. The van der Waals surface area contributed by atoms with Crippen LogP contribution in [0, 0.1) is 0 Å². The van der Waals surface area contributed by atoms with Crippen molar-refractivity contribution in [2.45, 2.75) is 51.2 Å². The molecular weight excluding hydrogens is 317 g/mol. The first-order chi connectivity index (χ1) is 11.1. The van der Waals surface area contributed by atoms with Crippen LogP contribution in [0.4, 0.5) is 13.2 Å². The second kappa shape index (κ2) is 7.42. The first kappa shape index (κ1) is 19.2. The molecule has 3 nitrogen and oxygen atoms in total. The van der Waals surface area contributed by atoms with E-state index in [0.717, 1.165) is 31.5 Å². The normalized spacial score (nSPS) is 19.0. The molecule has 0 spiro atoms. The number of nitrogens with zero attached hydrogens (tertiary/aromatic N) is 2. The molecule has 1 atom stereocenters. The van der Waals surface area contributed by atoms with Crippen LogP contribution in [0.3, 0.4) is 0 Å². The summed E-state index contributed by atoms with van der Waals surface area (Å²) in [5, 5.41) is 4.52. The zero-order chi connectivity index (χ0) is 18.0. The van der Waals surface area contributed by atoms with Gasteiger partial charge in [-0.1, -0.05) is 26.0 Å². The highest BCUT2D eigenvalue weighted by molar-refractivity contribution is 5.29. The topological polar surface area (TPSA) is 15.7 Å². The van der Waals surface area contributed by atoms with Crippen LogP contribution in [0.2, 0.25) is 0 Å². The van der Waals surface area contributed by atoms with Gasteiger partial charge in [-0.25, -0.2) is 10.0 Å². The Bertz CT molecular complexity index is 528. The highest BCUT2D eigenvalue weighted by Crippen LogP contribution is 2.34. The van der Waals surface area contributed by atoms with E-state index in [1.165, 1.54) is 12.1 Å². The monoisotopic (exact) mass is 344 g/mol. The van der Waals surface area contributed by atoms with E-state index < -0.39 is 11.7 Å². The molecule has 24 heavy (non-hydrogen) atoms. The molecule has 0 radical (unpaired) electrons. The summed E-state index contributed by atoms with van der Waals surface area (Å²) in [6.45, 7) is 8.89. The number of halogens is 3. The fourth-order valence-corrected chi connectivity index (χ4v) is 3.54. The van der Waals surface area contributed by atoms with Crippen molar-refractivity contribution in [2.24, 2.45) is 0 Å². The van der Waals surface area contributed by atoms with Gasteiger partial charge in [0.15, 0.2) is 0 Å². The Labute approximate surface area is 142 Å². The number of methoxy groups -OCH3 is 1. The average molecular weight is 344 g/mol. The number of hydrazine groups is 1. The molecule has 0 N–H and O–H groups in total. The lowest BCUT2D eigenvalue weighted by molar-refractivity contribution is -0.137. The molecule has 1 aliphatic heterocycles. The minimum atomic E-state index is -4.29. The molecule has 1 heterocycles. The van der Waals surface area contributed by atoms with Crippen LogP contribution in [-0.4, -0.2) is 43.0 Å². The molecule has 0 amide bonds. The van der Waals surface area contributed by atoms with Crippen molar-refractivity contribution >= 4 is 0 Å². The number of hydrogen-bond donors (Lipinski definition) is 0. The molecule has 0 saturated carbocycles. The second-order valence-electron chi connectivity index (χ2n) is 7.18.